The molecule has 1 aromatic heterocycles. The number of nitrogens with one attached hydrogen (secondary N) is 2. The Labute approximate surface area is 131 Å². The van der Waals surface area contributed by atoms with Gasteiger partial charge in [0.15, 0.2) is 0 Å². The fourth-order valence-corrected chi connectivity index (χ4v) is 3.35. The molecule has 2 rings (SSSR count). The summed E-state index contributed by atoms with van der Waals surface area (Å²) in [4.78, 5) is 16.0. The monoisotopic (exact) mass is 307 g/mol. The molecule has 1 saturated heterocycles. The Bertz CT molecular complexity index is 407. The van der Waals surface area contributed by atoms with Gasteiger partial charge in [0, 0.05) is 30.7 Å². The van der Waals surface area contributed by atoms with Crippen molar-refractivity contribution in [3.05, 3.63) is 30.1 Å². The van der Waals surface area contributed by atoms with E-state index in [-0.39, 0.29) is 5.91 Å². The van der Waals surface area contributed by atoms with Gasteiger partial charge in [0.05, 0.1) is 5.69 Å². The second-order valence-electron chi connectivity index (χ2n) is 5.47. The van der Waals surface area contributed by atoms with Crippen LogP contribution in [0.25, 0.3) is 0 Å². The number of thioether (sulfide) groups is 1. The molecule has 0 aromatic carbocycles. The molecule has 116 valence electrons. The van der Waals surface area contributed by atoms with Crippen LogP contribution in [0.4, 0.5) is 0 Å². The largest absolute Gasteiger partial charge is 0.356 e. The normalized spacial score (nSPS) is 18.4. The molecule has 0 radical (unpaired) electrons. The van der Waals surface area contributed by atoms with Gasteiger partial charge in [-0.2, -0.15) is 11.8 Å². The van der Waals surface area contributed by atoms with Crippen LogP contribution in [-0.2, 0) is 10.5 Å². The fourth-order valence-electron chi connectivity index (χ4n) is 2.50. The van der Waals surface area contributed by atoms with Gasteiger partial charge in [-0.1, -0.05) is 6.07 Å². The molecule has 0 bridgehead atoms. The molecule has 1 aromatic rings. The second kappa shape index (κ2) is 9.79. The van der Waals surface area contributed by atoms with Crippen molar-refractivity contribution in [2.45, 2.75) is 31.4 Å². The van der Waals surface area contributed by atoms with E-state index >= 15 is 0 Å². The van der Waals surface area contributed by atoms with E-state index < -0.39 is 0 Å². The summed E-state index contributed by atoms with van der Waals surface area (Å²) in [7, 11) is 0. The highest BCUT2D eigenvalue weighted by molar-refractivity contribution is 7.98. The van der Waals surface area contributed by atoms with Crippen molar-refractivity contribution in [2.24, 2.45) is 5.92 Å². The Morgan fingerprint density at radius 1 is 1.48 bits per heavy atom. The van der Waals surface area contributed by atoms with Gasteiger partial charge in [-0.05, 0) is 50.4 Å². The molecule has 2 heterocycles. The quantitative estimate of drug-likeness (QED) is 0.723. The molecule has 21 heavy (non-hydrogen) atoms. The number of hydrogen-bond acceptors (Lipinski definition) is 4. The van der Waals surface area contributed by atoms with Crippen LogP contribution in [0, 0.1) is 5.92 Å². The molecular weight excluding hydrogens is 282 g/mol. The van der Waals surface area contributed by atoms with Gasteiger partial charge in [-0.3, -0.25) is 9.78 Å². The Hall–Kier alpha value is -1.07. The highest BCUT2D eigenvalue weighted by Gasteiger charge is 2.12. The smallest absolute Gasteiger partial charge is 0.220 e. The van der Waals surface area contributed by atoms with Crippen molar-refractivity contribution < 1.29 is 4.79 Å². The Kier molecular flexibility index (Phi) is 7.60. The zero-order valence-corrected chi connectivity index (χ0v) is 13.3. The Morgan fingerprint density at radius 2 is 2.43 bits per heavy atom. The summed E-state index contributed by atoms with van der Waals surface area (Å²) in [6.45, 7) is 3.07. The average Bonchev–Trinajstić information content (AvgIpc) is 2.54. The van der Waals surface area contributed by atoms with Crippen molar-refractivity contribution in [3.63, 3.8) is 0 Å². The van der Waals surface area contributed by atoms with Crippen LogP contribution in [0.3, 0.4) is 0 Å². The van der Waals surface area contributed by atoms with E-state index in [4.69, 9.17) is 0 Å². The molecule has 1 aliphatic heterocycles. The maximum absolute atomic E-state index is 11.7. The van der Waals surface area contributed by atoms with Crippen molar-refractivity contribution in [2.75, 3.05) is 25.4 Å². The van der Waals surface area contributed by atoms with E-state index in [1.165, 1.54) is 12.8 Å². The number of hydrogen-bond donors (Lipinski definition) is 2. The molecule has 0 aliphatic carbocycles. The SMILES string of the molecule is O=C(CCSCc1ccccn1)NCCC1CCCNC1. The summed E-state index contributed by atoms with van der Waals surface area (Å²) in [6.07, 6.45) is 6.06. The number of piperidine rings is 1. The summed E-state index contributed by atoms with van der Waals surface area (Å²) >= 11 is 1.76. The summed E-state index contributed by atoms with van der Waals surface area (Å²) < 4.78 is 0. The van der Waals surface area contributed by atoms with Crippen LogP contribution >= 0.6 is 11.8 Å². The molecule has 1 amide bonds. The minimum absolute atomic E-state index is 0.173. The van der Waals surface area contributed by atoms with Crippen molar-refractivity contribution in [3.8, 4) is 0 Å². The first-order chi connectivity index (χ1) is 10.3. The topological polar surface area (TPSA) is 54.0 Å². The third-order valence-corrected chi connectivity index (χ3v) is 4.72. The molecule has 2 N–H and O–H groups in total. The predicted molar refractivity (Wildman–Crippen MR) is 88.2 cm³/mol. The first-order valence-electron chi connectivity index (χ1n) is 7.79. The van der Waals surface area contributed by atoms with Gasteiger partial charge in [-0.25, -0.2) is 0 Å². The van der Waals surface area contributed by atoms with Crippen LogP contribution < -0.4 is 10.6 Å². The summed E-state index contributed by atoms with van der Waals surface area (Å²) in [5, 5.41) is 6.44. The highest BCUT2D eigenvalue weighted by atomic mass is 32.2. The van der Waals surface area contributed by atoms with Crippen molar-refractivity contribution >= 4 is 17.7 Å². The molecule has 4 nitrogen and oxygen atoms in total. The third kappa shape index (κ3) is 6.96. The summed E-state index contributed by atoms with van der Waals surface area (Å²) in [5.41, 5.74) is 1.08. The highest BCUT2D eigenvalue weighted by Crippen LogP contribution is 2.13. The Morgan fingerprint density at radius 3 is 3.19 bits per heavy atom. The van der Waals surface area contributed by atoms with Crippen molar-refractivity contribution in [1.82, 2.24) is 15.6 Å². The van der Waals surface area contributed by atoms with Gasteiger partial charge in [0.2, 0.25) is 5.91 Å². The Balaban J connectivity index is 1.47. The number of amides is 1. The van der Waals surface area contributed by atoms with Crippen LogP contribution in [0.15, 0.2) is 24.4 Å². The number of aromatic nitrogens is 1. The lowest BCUT2D eigenvalue weighted by atomic mass is 9.96. The molecule has 1 aliphatic rings. The molecular formula is C16H25N3OS. The number of rotatable bonds is 8. The van der Waals surface area contributed by atoms with Gasteiger partial charge < -0.3 is 10.6 Å². The number of pyridine rings is 1. The van der Waals surface area contributed by atoms with Crippen LogP contribution in [0.1, 0.15) is 31.4 Å². The number of carbonyl (C=O) groups excluding carboxylic acids is 1. The fraction of sp³-hybridized carbons (Fsp3) is 0.625. The first kappa shape index (κ1) is 16.3. The van der Waals surface area contributed by atoms with E-state index in [2.05, 4.69) is 15.6 Å². The first-order valence-corrected chi connectivity index (χ1v) is 8.95. The standard InChI is InChI=1S/C16H25N3OS/c20-16(19-10-6-14-4-3-8-17-12-14)7-11-21-13-15-5-1-2-9-18-15/h1-2,5,9,14,17H,3-4,6-8,10-13H2,(H,19,20). The molecule has 0 saturated carbocycles. The maximum atomic E-state index is 11.7. The van der Waals surface area contributed by atoms with Crippen LogP contribution in [0.5, 0.6) is 0 Å². The molecule has 5 heteroatoms. The lowest BCUT2D eigenvalue weighted by Crippen LogP contribution is -2.33. The van der Waals surface area contributed by atoms with Gasteiger partial charge in [0.1, 0.15) is 0 Å². The van der Waals surface area contributed by atoms with E-state index in [1.54, 1.807) is 11.8 Å². The van der Waals surface area contributed by atoms with E-state index in [0.29, 0.717) is 6.42 Å². The average molecular weight is 307 g/mol. The summed E-state index contributed by atoms with van der Waals surface area (Å²) in [6, 6.07) is 5.93. The third-order valence-electron chi connectivity index (χ3n) is 3.72. The van der Waals surface area contributed by atoms with E-state index in [0.717, 1.165) is 49.2 Å². The van der Waals surface area contributed by atoms with Crippen LogP contribution in [0.2, 0.25) is 0 Å². The van der Waals surface area contributed by atoms with Gasteiger partial charge >= 0.3 is 0 Å². The lowest BCUT2D eigenvalue weighted by Gasteiger charge is -2.22. The maximum Gasteiger partial charge on any atom is 0.220 e. The van der Waals surface area contributed by atoms with E-state index in [9.17, 15) is 4.79 Å². The molecule has 1 atom stereocenters. The summed E-state index contributed by atoms with van der Waals surface area (Å²) in [5.74, 6) is 2.64. The second-order valence-corrected chi connectivity index (χ2v) is 6.58. The minimum atomic E-state index is 0.173. The van der Waals surface area contributed by atoms with Crippen molar-refractivity contribution in [1.29, 1.82) is 0 Å². The molecule has 1 fully saturated rings. The molecule has 0 spiro atoms. The van der Waals surface area contributed by atoms with Crippen LogP contribution in [-0.4, -0.2) is 36.3 Å². The minimum Gasteiger partial charge on any atom is -0.356 e. The van der Waals surface area contributed by atoms with E-state index in [1.807, 2.05) is 24.4 Å². The van der Waals surface area contributed by atoms with Gasteiger partial charge in [0.25, 0.3) is 0 Å². The zero-order valence-electron chi connectivity index (χ0n) is 12.5. The lowest BCUT2D eigenvalue weighted by molar-refractivity contribution is -0.120. The number of nitrogens with zero attached hydrogens (tertiary/aromatic N) is 1. The zero-order chi connectivity index (χ0) is 14.8. The predicted octanol–water partition coefficient (Wildman–Crippen LogP) is 2.21. The number of carbonyl (C=O) groups is 1. The van der Waals surface area contributed by atoms with Gasteiger partial charge in [-0.15, -0.1) is 0 Å². The molecule has 1 unspecified atom stereocenters.